The van der Waals surface area contributed by atoms with Crippen molar-refractivity contribution in [3.63, 3.8) is 0 Å². The zero-order chi connectivity index (χ0) is 19.4. The Morgan fingerprint density at radius 2 is 2.00 bits per heavy atom. The number of carbonyl (C=O) groups is 1. The smallest absolute Gasteiger partial charge is 0.344 e. The molecule has 1 aromatic heterocycles. The molecule has 2 heterocycles. The van der Waals surface area contributed by atoms with Crippen LogP contribution in [0.15, 0.2) is 68.1 Å². The van der Waals surface area contributed by atoms with E-state index in [0.717, 1.165) is 0 Å². The minimum Gasteiger partial charge on any atom is -0.506 e. The Hall–Kier alpha value is -2.93. The van der Waals surface area contributed by atoms with Crippen LogP contribution in [0.5, 0.6) is 0 Å². The van der Waals surface area contributed by atoms with Gasteiger partial charge in [0, 0.05) is 20.2 Å². The van der Waals surface area contributed by atoms with Crippen molar-refractivity contribution in [2.75, 3.05) is 25.6 Å². The summed E-state index contributed by atoms with van der Waals surface area (Å²) >= 11 is 1.20. The van der Waals surface area contributed by atoms with Gasteiger partial charge >= 0.3 is 5.97 Å². The number of hydrogen-bond donors (Lipinski definition) is 1. The number of hydrogen-bond acceptors (Lipinski definition) is 7. The number of benzene rings is 1. The number of para-hydroxylation sites is 1. The molecular weight excluding hydrogens is 364 g/mol. The van der Waals surface area contributed by atoms with Crippen molar-refractivity contribution in [3.05, 3.63) is 64.5 Å². The third-order valence-electron chi connectivity index (χ3n) is 3.68. The van der Waals surface area contributed by atoms with Crippen LogP contribution in [0.2, 0.25) is 0 Å². The van der Waals surface area contributed by atoms with Gasteiger partial charge in [0.1, 0.15) is 22.1 Å². The molecule has 140 valence electrons. The summed E-state index contributed by atoms with van der Waals surface area (Å²) in [6.45, 7) is 1.93. The maximum atomic E-state index is 12.4. The molecule has 1 aromatic carbocycles. The molecule has 0 amide bonds. The monoisotopic (exact) mass is 384 g/mol. The van der Waals surface area contributed by atoms with Gasteiger partial charge < -0.3 is 19.2 Å². The number of thioether (sulfide) groups is 1. The molecule has 0 unspecified atom stereocenters. The highest BCUT2D eigenvalue weighted by atomic mass is 32.2. The second-order valence-electron chi connectivity index (χ2n) is 5.88. The number of nitrogens with zero attached hydrogens (tertiary/aromatic N) is 2. The molecule has 7 heteroatoms. The van der Waals surface area contributed by atoms with E-state index in [2.05, 4.69) is 4.99 Å². The molecule has 0 saturated carbocycles. The van der Waals surface area contributed by atoms with Gasteiger partial charge in [-0.25, -0.2) is 9.79 Å². The Labute approximate surface area is 161 Å². The van der Waals surface area contributed by atoms with E-state index in [9.17, 15) is 9.90 Å². The van der Waals surface area contributed by atoms with Crippen LogP contribution in [0.4, 0.5) is 11.6 Å². The van der Waals surface area contributed by atoms with Crippen LogP contribution in [0, 0.1) is 0 Å². The van der Waals surface area contributed by atoms with Gasteiger partial charge in [-0.15, -0.1) is 0 Å². The number of furan rings is 1. The molecule has 0 saturated heterocycles. The zero-order valence-electron chi connectivity index (χ0n) is 15.3. The minimum atomic E-state index is -0.603. The summed E-state index contributed by atoms with van der Waals surface area (Å²) in [5.74, 6) is 0.499. The van der Waals surface area contributed by atoms with Gasteiger partial charge in [0.25, 0.3) is 0 Å². The average molecular weight is 384 g/mol. The Balaban J connectivity index is 2.00. The van der Waals surface area contributed by atoms with Crippen LogP contribution in [-0.4, -0.2) is 36.8 Å². The van der Waals surface area contributed by atoms with Gasteiger partial charge in [0.2, 0.25) is 0 Å². The maximum Gasteiger partial charge on any atom is 0.344 e. The highest BCUT2D eigenvalue weighted by Gasteiger charge is 2.33. The molecule has 0 fully saturated rings. The summed E-state index contributed by atoms with van der Waals surface area (Å²) < 4.78 is 10.8. The first kappa shape index (κ1) is 18.8. The van der Waals surface area contributed by atoms with Crippen LogP contribution in [0.1, 0.15) is 12.7 Å². The molecule has 3 rings (SSSR count). The van der Waals surface area contributed by atoms with Gasteiger partial charge in [-0.05, 0) is 31.2 Å². The van der Waals surface area contributed by atoms with Crippen molar-refractivity contribution in [3.8, 4) is 0 Å². The van der Waals surface area contributed by atoms with Crippen molar-refractivity contribution >= 4 is 40.4 Å². The van der Waals surface area contributed by atoms with Gasteiger partial charge in [-0.3, -0.25) is 0 Å². The van der Waals surface area contributed by atoms with Gasteiger partial charge in [-0.2, -0.15) is 0 Å². The summed E-state index contributed by atoms with van der Waals surface area (Å²) in [7, 11) is 3.75. The van der Waals surface area contributed by atoms with E-state index in [1.165, 1.54) is 11.8 Å². The predicted molar refractivity (Wildman–Crippen MR) is 108 cm³/mol. The molecule has 2 aromatic rings. The quantitative estimate of drug-likeness (QED) is 0.763. The summed E-state index contributed by atoms with van der Waals surface area (Å²) in [5, 5.41) is 11.0. The average Bonchev–Trinajstić information content (AvgIpc) is 3.22. The second kappa shape index (κ2) is 8.18. The third-order valence-corrected chi connectivity index (χ3v) is 4.70. The number of ether oxygens (including phenoxy) is 1. The summed E-state index contributed by atoms with van der Waals surface area (Å²) in [6.07, 6.45) is 1.68. The third kappa shape index (κ3) is 4.25. The van der Waals surface area contributed by atoms with Crippen LogP contribution >= 0.6 is 11.8 Å². The van der Waals surface area contributed by atoms with Gasteiger partial charge in [0.05, 0.1) is 17.2 Å². The van der Waals surface area contributed by atoms with E-state index in [1.807, 2.05) is 55.4 Å². The molecular formula is C20H20N2O4S. The summed E-state index contributed by atoms with van der Waals surface area (Å²) in [5.41, 5.74) is 0.750. The molecule has 1 aliphatic heterocycles. The lowest BCUT2D eigenvalue weighted by Crippen LogP contribution is -2.12. The van der Waals surface area contributed by atoms with Gasteiger partial charge in [0.15, 0.2) is 5.88 Å². The fraction of sp³-hybridized carbons (Fsp3) is 0.200. The normalized spacial score (nSPS) is 17.0. The fourth-order valence-electron chi connectivity index (χ4n) is 2.40. The molecule has 0 aliphatic carbocycles. The lowest BCUT2D eigenvalue weighted by molar-refractivity contribution is -0.138. The first-order chi connectivity index (χ1) is 13.0. The topological polar surface area (TPSA) is 75.3 Å². The Morgan fingerprint density at radius 3 is 2.63 bits per heavy atom. The van der Waals surface area contributed by atoms with Crippen LogP contribution in [0.25, 0.3) is 6.08 Å². The molecule has 0 radical (unpaired) electrons. The lowest BCUT2D eigenvalue weighted by Gasteiger charge is -2.06. The minimum absolute atomic E-state index is 0.0661. The standard InChI is InChI=1S/C20H20N2O4S/c1-4-25-20(24)17-18(23)15(12-14-10-11-16(26-14)22(2)3)27-19(17)21-13-8-6-5-7-9-13/h5-12,23H,4H2,1-3H3/b15-12-,21-19?. The lowest BCUT2D eigenvalue weighted by atomic mass is 10.2. The number of rotatable bonds is 5. The molecule has 1 aliphatic rings. The number of aliphatic imine (C=N–C) groups is 1. The zero-order valence-corrected chi connectivity index (χ0v) is 16.1. The summed E-state index contributed by atoms with van der Waals surface area (Å²) in [4.78, 5) is 19.2. The number of anilines is 1. The molecule has 1 N–H and O–H groups in total. The fourth-order valence-corrected chi connectivity index (χ4v) is 3.42. The molecule has 0 bridgehead atoms. The van der Waals surface area contributed by atoms with Crippen molar-refractivity contribution in [2.45, 2.75) is 6.92 Å². The van der Waals surface area contributed by atoms with Crippen LogP contribution < -0.4 is 4.90 Å². The number of esters is 1. The van der Waals surface area contributed by atoms with Crippen molar-refractivity contribution < 1.29 is 19.1 Å². The van der Waals surface area contributed by atoms with Crippen molar-refractivity contribution in [1.29, 1.82) is 0 Å². The van der Waals surface area contributed by atoms with Crippen molar-refractivity contribution in [2.24, 2.45) is 4.99 Å². The van der Waals surface area contributed by atoms with Gasteiger partial charge in [-0.1, -0.05) is 30.0 Å². The molecule has 0 atom stereocenters. The molecule has 6 nitrogen and oxygen atoms in total. The van der Waals surface area contributed by atoms with E-state index >= 15 is 0 Å². The van der Waals surface area contributed by atoms with Crippen LogP contribution in [0.3, 0.4) is 0 Å². The van der Waals surface area contributed by atoms with E-state index < -0.39 is 5.97 Å². The van der Waals surface area contributed by atoms with E-state index in [0.29, 0.717) is 27.3 Å². The predicted octanol–water partition coefficient (Wildman–Crippen LogP) is 4.54. The largest absolute Gasteiger partial charge is 0.506 e. The highest BCUT2D eigenvalue weighted by molar-refractivity contribution is 8.18. The number of carbonyl (C=O) groups excluding carboxylic acids is 1. The number of aliphatic hydroxyl groups excluding tert-OH is 1. The van der Waals surface area contributed by atoms with E-state index in [1.54, 1.807) is 19.1 Å². The SMILES string of the molecule is CCOC(=O)C1=C(O)/C(=C/c2ccc(N(C)C)o2)SC1=Nc1ccccc1. The molecule has 27 heavy (non-hydrogen) atoms. The first-order valence-corrected chi connectivity index (χ1v) is 9.22. The molecule has 0 spiro atoms. The highest BCUT2D eigenvalue weighted by Crippen LogP contribution is 2.40. The van der Waals surface area contributed by atoms with E-state index in [4.69, 9.17) is 9.15 Å². The Kier molecular flexibility index (Phi) is 5.71. The second-order valence-corrected chi connectivity index (χ2v) is 6.91. The Bertz CT molecular complexity index is 926. The summed E-state index contributed by atoms with van der Waals surface area (Å²) in [6, 6.07) is 12.9. The van der Waals surface area contributed by atoms with E-state index in [-0.39, 0.29) is 17.9 Å². The van der Waals surface area contributed by atoms with Crippen LogP contribution in [-0.2, 0) is 9.53 Å². The first-order valence-electron chi connectivity index (χ1n) is 8.41. The number of aliphatic hydroxyl groups is 1. The maximum absolute atomic E-state index is 12.4. The van der Waals surface area contributed by atoms with Crippen molar-refractivity contribution in [1.82, 2.24) is 0 Å². The Morgan fingerprint density at radius 1 is 1.26 bits per heavy atom.